The van der Waals surface area contributed by atoms with Gasteiger partial charge in [0.15, 0.2) is 0 Å². The summed E-state index contributed by atoms with van der Waals surface area (Å²) in [6.45, 7) is 4.28. The second-order valence-corrected chi connectivity index (χ2v) is 4.05. The Morgan fingerprint density at radius 3 is 3.00 bits per heavy atom. The summed E-state index contributed by atoms with van der Waals surface area (Å²) in [6.07, 6.45) is 4.25. The Hall–Kier alpha value is -0.763. The first-order valence-corrected chi connectivity index (χ1v) is 5.00. The van der Waals surface area contributed by atoms with E-state index in [1.165, 1.54) is 16.9 Å². The molecule has 1 nitrogen and oxygen atoms in total. The van der Waals surface area contributed by atoms with Gasteiger partial charge in [-0.15, -0.1) is 0 Å². The third-order valence-electron chi connectivity index (χ3n) is 1.40. The Bertz CT molecular complexity index is 220. The number of aromatic amines is 1. The van der Waals surface area contributed by atoms with Gasteiger partial charge in [0.05, 0.1) is 0 Å². The standard InChI is InChI=1S/C9H13NSi/c1-8(2)5-7-11-9-4-3-6-10-9/h3-6,10H,7H2,1-2H3. The minimum Gasteiger partial charge on any atom is -0.369 e. The summed E-state index contributed by atoms with van der Waals surface area (Å²) in [6, 6.07) is 5.35. The fraction of sp³-hybridized carbons (Fsp3) is 0.333. The van der Waals surface area contributed by atoms with Crippen LogP contribution in [0.25, 0.3) is 0 Å². The van der Waals surface area contributed by atoms with E-state index in [-0.39, 0.29) is 0 Å². The maximum absolute atomic E-state index is 3.19. The van der Waals surface area contributed by atoms with Crippen molar-refractivity contribution in [3.63, 3.8) is 0 Å². The van der Waals surface area contributed by atoms with Gasteiger partial charge in [-0.2, -0.15) is 0 Å². The van der Waals surface area contributed by atoms with Crippen LogP contribution in [-0.4, -0.2) is 14.5 Å². The maximum Gasteiger partial charge on any atom is 0.108 e. The number of hydrogen-bond acceptors (Lipinski definition) is 0. The molecule has 0 bridgehead atoms. The van der Waals surface area contributed by atoms with Gasteiger partial charge in [-0.25, -0.2) is 0 Å². The molecule has 58 valence electrons. The minimum absolute atomic E-state index is 0.890. The molecule has 0 aliphatic rings. The molecule has 0 saturated carbocycles. The van der Waals surface area contributed by atoms with E-state index >= 15 is 0 Å². The zero-order valence-electron chi connectivity index (χ0n) is 7.02. The first-order valence-electron chi connectivity index (χ1n) is 3.79. The molecular weight excluding hydrogens is 150 g/mol. The van der Waals surface area contributed by atoms with Gasteiger partial charge in [-0.05, 0) is 37.3 Å². The van der Waals surface area contributed by atoms with Crippen LogP contribution in [0.4, 0.5) is 0 Å². The van der Waals surface area contributed by atoms with Gasteiger partial charge in [0.1, 0.15) is 9.52 Å². The number of allylic oxidation sites excluding steroid dienone is 2. The third-order valence-corrected chi connectivity index (χ3v) is 2.50. The molecule has 1 rings (SSSR count). The van der Waals surface area contributed by atoms with Crippen molar-refractivity contribution in [3.8, 4) is 0 Å². The van der Waals surface area contributed by atoms with Crippen LogP contribution >= 0.6 is 0 Å². The number of H-pyrrole nitrogens is 1. The van der Waals surface area contributed by atoms with E-state index in [1.54, 1.807) is 0 Å². The molecule has 2 heteroatoms. The third kappa shape index (κ3) is 3.23. The van der Waals surface area contributed by atoms with Crippen LogP contribution < -0.4 is 5.32 Å². The molecule has 0 saturated heterocycles. The summed E-state index contributed by atoms with van der Waals surface area (Å²) in [7, 11) is 0.890. The molecule has 0 aliphatic carbocycles. The van der Waals surface area contributed by atoms with Crippen LogP contribution in [0.2, 0.25) is 6.04 Å². The monoisotopic (exact) mass is 163 g/mol. The molecule has 1 aromatic rings. The Morgan fingerprint density at radius 1 is 1.64 bits per heavy atom. The fourth-order valence-electron chi connectivity index (χ4n) is 0.805. The highest BCUT2D eigenvalue weighted by molar-refractivity contribution is 6.52. The van der Waals surface area contributed by atoms with Gasteiger partial charge in [-0.3, -0.25) is 0 Å². The van der Waals surface area contributed by atoms with E-state index in [4.69, 9.17) is 0 Å². The molecule has 1 N–H and O–H groups in total. The molecule has 2 radical (unpaired) electrons. The van der Waals surface area contributed by atoms with Gasteiger partial charge in [-0.1, -0.05) is 11.6 Å². The molecular formula is C9H13NSi. The second-order valence-electron chi connectivity index (χ2n) is 2.75. The van der Waals surface area contributed by atoms with E-state index in [0.29, 0.717) is 0 Å². The lowest BCUT2D eigenvalue weighted by atomic mass is 10.3. The van der Waals surface area contributed by atoms with Crippen molar-refractivity contribution in [1.82, 2.24) is 4.98 Å². The molecule has 0 aromatic carbocycles. The predicted molar refractivity (Wildman–Crippen MR) is 50.4 cm³/mol. The minimum atomic E-state index is 0.890. The van der Waals surface area contributed by atoms with Gasteiger partial charge in [0.2, 0.25) is 0 Å². The number of aromatic nitrogens is 1. The molecule has 0 amide bonds. The highest BCUT2D eigenvalue weighted by Gasteiger charge is 1.90. The normalized spacial score (nSPS) is 9.64. The highest BCUT2D eigenvalue weighted by atomic mass is 28.2. The number of hydrogen-bond donors (Lipinski definition) is 1. The van der Waals surface area contributed by atoms with Crippen LogP contribution in [0.1, 0.15) is 13.8 Å². The SMILES string of the molecule is CC(C)=CC[Si]c1ccc[nH]1. The predicted octanol–water partition coefficient (Wildman–Crippen LogP) is 1.73. The summed E-state index contributed by atoms with van der Waals surface area (Å²) in [5.74, 6) is 0. The summed E-state index contributed by atoms with van der Waals surface area (Å²) in [4.78, 5) is 3.19. The molecule has 0 atom stereocenters. The van der Waals surface area contributed by atoms with Crippen LogP contribution in [-0.2, 0) is 0 Å². The van der Waals surface area contributed by atoms with E-state index in [2.05, 4.69) is 31.0 Å². The summed E-state index contributed by atoms with van der Waals surface area (Å²) in [5.41, 5.74) is 1.41. The van der Waals surface area contributed by atoms with Crippen molar-refractivity contribution >= 4 is 14.8 Å². The quantitative estimate of drug-likeness (QED) is 0.516. The van der Waals surface area contributed by atoms with Gasteiger partial charge < -0.3 is 4.98 Å². The van der Waals surface area contributed by atoms with Gasteiger partial charge in [0.25, 0.3) is 0 Å². The molecule has 1 heterocycles. The van der Waals surface area contributed by atoms with Crippen molar-refractivity contribution in [1.29, 1.82) is 0 Å². The van der Waals surface area contributed by atoms with E-state index in [9.17, 15) is 0 Å². The van der Waals surface area contributed by atoms with Crippen molar-refractivity contribution in [2.75, 3.05) is 0 Å². The van der Waals surface area contributed by atoms with Crippen LogP contribution in [0.3, 0.4) is 0 Å². The molecule has 0 spiro atoms. The van der Waals surface area contributed by atoms with Crippen molar-refractivity contribution < 1.29 is 0 Å². The van der Waals surface area contributed by atoms with E-state index < -0.39 is 0 Å². The average molecular weight is 163 g/mol. The summed E-state index contributed by atoms with van der Waals surface area (Å²) < 4.78 is 0. The van der Waals surface area contributed by atoms with Crippen molar-refractivity contribution in [2.24, 2.45) is 0 Å². The summed E-state index contributed by atoms with van der Waals surface area (Å²) >= 11 is 0. The average Bonchev–Trinajstić information content (AvgIpc) is 2.39. The Kier molecular flexibility index (Phi) is 3.17. The zero-order valence-corrected chi connectivity index (χ0v) is 8.02. The first kappa shape index (κ1) is 8.33. The van der Waals surface area contributed by atoms with E-state index in [0.717, 1.165) is 9.52 Å². The lowest BCUT2D eigenvalue weighted by Gasteiger charge is -1.91. The van der Waals surface area contributed by atoms with Crippen molar-refractivity contribution in [3.05, 3.63) is 30.0 Å². The zero-order chi connectivity index (χ0) is 8.10. The molecule has 0 unspecified atom stereocenters. The Labute approximate surface area is 70.4 Å². The number of nitrogens with one attached hydrogen (secondary N) is 1. The molecule has 1 aromatic heterocycles. The summed E-state index contributed by atoms with van der Waals surface area (Å²) in [5, 5.41) is 1.35. The fourth-order valence-corrected chi connectivity index (χ4v) is 1.94. The number of rotatable bonds is 3. The lowest BCUT2D eigenvalue weighted by Crippen LogP contribution is -2.12. The van der Waals surface area contributed by atoms with Crippen LogP contribution in [0, 0.1) is 0 Å². The first-order chi connectivity index (χ1) is 5.29. The second kappa shape index (κ2) is 4.19. The smallest absolute Gasteiger partial charge is 0.108 e. The lowest BCUT2D eigenvalue weighted by molar-refractivity contribution is 1.36. The molecule has 0 aliphatic heterocycles. The van der Waals surface area contributed by atoms with Crippen LogP contribution in [0.5, 0.6) is 0 Å². The Balaban J connectivity index is 2.30. The molecule has 0 fully saturated rings. The van der Waals surface area contributed by atoms with Crippen molar-refractivity contribution in [2.45, 2.75) is 19.9 Å². The maximum atomic E-state index is 3.19. The Morgan fingerprint density at radius 2 is 2.45 bits per heavy atom. The van der Waals surface area contributed by atoms with Crippen LogP contribution in [0.15, 0.2) is 30.0 Å². The van der Waals surface area contributed by atoms with Gasteiger partial charge in [0, 0.05) is 6.20 Å². The highest BCUT2D eigenvalue weighted by Crippen LogP contribution is 1.91. The topological polar surface area (TPSA) is 15.8 Å². The van der Waals surface area contributed by atoms with Gasteiger partial charge >= 0.3 is 0 Å². The molecule has 11 heavy (non-hydrogen) atoms. The largest absolute Gasteiger partial charge is 0.369 e. The van der Waals surface area contributed by atoms with E-state index in [1.807, 2.05) is 12.3 Å².